The minimum absolute atomic E-state index is 0.0488. The van der Waals surface area contributed by atoms with Gasteiger partial charge in [0.1, 0.15) is 0 Å². The Balaban J connectivity index is 5.00. The summed E-state index contributed by atoms with van der Waals surface area (Å²) in [4.78, 5) is 21.3. The minimum atomic E-state index is -5.93. The van der Waals surface area contributed by atoms with Crippen LogP contribution < -0.4 is 0 Å². The highest BCUT2D eigenvalue weighted by Crippen LogP contribution is 2.42. The van der Waals surface area contributed by atoms with E-state index in [2.05, 4.69) is 9.47 Å². The molecule has 0 aromatic carbocycles. The number of alkyl halides is 8. The van der Waals surface area contributed by atoms with Crippen LogP contribution in [0.3, 0.4) is 0 Å². The first-order valence-electron chi connectivity index (χ1n) is 5.18. The van der Waals surface area contributed by atoms with Gasteiger partial charge < -0.3 is 9.47 Å². The van der Waals surface area contributed by atoms with Crippen molar-refractivity contribution in [2.24, 2.45) is 0 Å². The molecule has 0 amide bonds. The van der Waals surface area contributed by atoms with Gasteiger partial charge in [-0.05, 0) is 0 Å². The Kier molecular flexibility index (Phi) is 6.33. The summed E-state index contributed by atoms with van der Waals surface area (Å²) in [6, 6.07) is 0. The van der Waals surface area contributed by atoms with E-state index >= 15 is 0 Å². The fourth-order valence-electron chi connectivity index (χ4n) is 0.946. The first kappa shape index (κ1) is 20.1. The number of carbonyl (C=O) groups excluding carboxylic acids is 2. The predicted octanol–water partition coefficient (Wildman–Crippen LogP) is 2.78. The average molecular weight is 344 g/mol. The molecular weight excluding hydrogens is 336 g/mol. The molecule has 0 aromatic rings. The molecule has 0 saturated heterocycles. The third kappa shape index (κ3) is 5.85. The number of halogens is 8. The normalized spacial score (nSPS) is 14.8. The third-order valence-electron chi connectivity index (χ3n) is 1.98. The second-order valence-corrected chi connectivity index (χ2v) is 3.70. The summed E-state index contributed by atoms with van der Waals surface area (Å²) < 4.78 is 107. The van der Waals surface area contributed by atoms with Crippen LogP contribution in [-0.2, 0) is 19.1 Å². The zero-order valence-corrected chi connectivity index (χ0v) is 10.6. The van der Waals surface area contributed by atoms with Crippen molar-refractivity contribution in [3.63, 3.8) is 0 Å². The maximum Gasteiger partial charge on any atom is 0.469 e. The van der Waals surface area contributed by atoms with E-state index in [0.29, 0.717) is 0 Å². The second kappa shape index (κ2) is 6.92. The first-order valence-corrected chi connectivity index (χ1v) is 5.18. The molecule has 22 heavy (non-hydrogen) atoms. The molecule has 0 radical (unpaired) electrons. The molecule has 0 aromatic heterocycles. The Morgan fingerprint density at radius 2 is 1.45 bits per heavy atom. The van der Waals surface area contributed by atoms with E-state index in [9.17, 15) is 44.7 Å². The quantitative estimate of drug-likeness (QED) is 0.422. The van der Waals surface area contributed by atoms with Crippen molar-refractivity contribution >= 4 is 11.9 Å². The number of hydrogen-bond donors (Lipinski definition) is 0. The average Bonchev–Trinajstić information content (AvgIpc) is 2.32. The fourth-order valence-corrected chi connectivity index (χ4v) is 0.946. The molecule has 0 N–H and O–H groups in total. The molecule has 0 fully saturated rings. The topological polar surface area (TPSA) is 52.6 Å². The van der Waals surface area contributed by atoms with Gasteiger partial charge in [0, 0.05) is 12.2 Å². The van der Waals surface area contributed by atoms with E-state index in [1.54, 1.807) is 0 Å². The van der Waals surface area contributed by atoms with E-state index < -0.39 is 42.7 Å². The van der Waals surface area contributed by atoms with Gasteiger partial charge in [-0.25, -0.2) is 14.0 Å². The van der Waals surface area contributed by atoms with E-state index in [0.717, 1.165) is 7.11 Å². The van der Waals surface area contributed by atoms with E-state index in [4.69, 9.17) is 0 Å². The number of carbonyl (C=O) groups is 2. The van der Waals surface area contributed by atoms with Crippen LogP contribution in [0.15, 0.2) is 12.2 Å². The van der Waals surface area contributed by atoms with Crippen molar-refractivity contribution in [1.82, 2.24) is 0 Å². The van der Waals surface area contributed by atoms with Crippen molar-refractivity contribution in [3.8, 4) is 0 Å². The van der Waals surface area contributed by atoms with Crippen molar-refractivity contribution in [2.45, 2.75) is 30.8 Å². The first-order chi connectivity index (χ1) is 9.73. The molecule has 128 valence electrons. The lowest BCUT2D eigenvalue weighted by Crippen LogP contribution is -2.51. The van der Waals surface area contributed by atoms with Gasteiger partial charge in [0.2, 0.25) is 0 Å². The van der Waals surface area contributed by atoms with Gasteiger partial charge in [0.25, 0.3) is 0 Å². The summed E-state index contributed by atoms with van der Waals surface area (Å²) >= 11 is 0. The smallest absolute Gasteiger partial charge is 0.466 e. The molecule has 0 aliphatic rings. The summed E-state index contributed by atoms with van der Waals surface area (Å²) in [5.41, 5.74) is 0. The SMILES string of the molecule is COC(=O)/C=C/C(=O)OC(F)(F)C(F)(F)C(F)CC(F)(F)F. The Labute approximate surface area is 117 Å². The summed E-state index contributed by atoms with van der Waals surface area (Å²) in [5.74, 6) is -9.38. The van der Waals surface area contributed by atoms with Crippen LogP contribution in [0.5, 0.6) is 0 Å². The number of ether oxygens (including phenoxy) is 2. The number of rotatable bonds is 6. The highest BCUT2D eigenvalue weighted by Gasteiger charge is 2.66. The van der Waals surface area contributed by atoms with Crippen LogP contribution in [-0.4, -0.2) is 43.4 Å². The van der Waals surface area contributed by atoms with Gasteiger partial charge in [0.05, 0.1) is 13.5 Å². The number of methoxy groups -OCH3 is 1. The summed E-state index contributed by atoms with van der Waals surface area (Å²) in [5, 5.41) is 0. The summed E-state index contributed by atoms with van der Waals surface area (Å²) in [7, 11) is 0.839. The summed E-state index contributed by atoms with van der Waals surface area (Å²) in [6.07, 6.45) is -18.4. The van der Waals surface area contributed by atoms with Crippen molar-refractivity contribution < 1.29 is 54.2 Å². The molecule has 0 spiro atoms. The van der Waals surface area contributed by atoms with Crippen LogP contribution in [0.25, 0.3) is 0 Å². The van der Waals surface area contributed by atoms with Crippen LogP contribution in [0.4, 0.5) is 35.1 Å². The van der Waals surface area contributed by atoms with Crippen molar-refractivity contribution in [3.05, 3.63) is 12.2 Å². The molecule has 0 heterocycles. The molecule has 0 aliphatic heterocycles. The van der Waals surface area contributed by atoms with Gasteiger partial charge in [-0.2, -0.15) is 30.7 Å². The molecule has 0 saturated carbocycles. The van der Waals surface area contributed by atoms with Gasteiger partial charge in [-0.1, -0.05) is 0 Å². The molecule has 0 bridgehead atoms. The van der Waals surface area contributed by atoms with E-state index in [1.165, 1.54) is 0 Å². The van der Waals surface area contributed by atoms with Gasteiger partial charge >= 0.3 is 30.1 Å². The summed E-state index contributed by atoms with van der Waals surface area (Å²) in [6.45, 7) is 0. The van der Waals surface area contributed by atoms with Crippen LogP contribution in [0.2, 0.25) is 0 Å². The lowest BCUT2D eigenvalue weighted by Gasteiger charge is -2.28. The largest absolute Gasteiger partial charge is 0.469 e. The maximum atomic E-state index is 12.9. The third-order valence-corrected chi connectivity index (χ3v) is 1.98. The minimum Gasteiger partial charge on any atom is -0.466 e. The van der Waals surface area contributed by atoms with Gasteiger partial charge in [-0.3, -0.25) is 0 Å². The number of esters is 2. The van der Waals surface area contributed by atoms with Crippen molar-refractivity contribution in [1.29, 1.82) is 0 Å². The van der Waals surface area contributed by atoms with Gasteiger partial charge in [-0.15, -0.1) is 0 Å². The van der Waals surface area contributed by atoms with Gasteiger partial charge in [0.15, 0.2) is 6.17 Å². The van der Waals surface area contributed by atoms with E-state index in [1.807, 2.05) is 0 Å². The van der Waals surface area contributed by atoms with Crippen LogP contribution in [0.1, 0.15) is 6.42 Å². The Morgan fingerprint density at radius 3 is 1.86 bits per heavy atom. The fraction of sp³-hybridized carbons (Fsp3) is 0.600. The molecule has 1 unspecified atom stereocenters. The molecule has 0 aliphatic carbocycles. The maximum absolute atomic E-state index is 12.9. The zero-order chi connectivity index (χ0) is 17.8. The highest BCUT2D eigenvalue weighted by atomic mass is 19.4. The predicted molar refractivity (Wildman–Crippen MR) is 52.7 cm³/mol. The standard InChI is InChI=1S/C10H8F8O4/c1-21-6(19)2-3-7(20)22-10(17,18)9(15,16)5(11)4-8(12,13)14/h2-3,5H,4H2,1H3/b3-2+. The van der Waals surface area contributed by atoms with E-state index in [-0.39, 0.29) is 12.2 Å². The van der Waals surface area contributed by atoms with Crippen molar-refractivity contribution in [2.75, 3.05) is 7.11 Å². The van der Waals surface area contributed by atoms with Crippen LogP contribution >= 0.6 is 0 Å². The number of hydrogen-bond acceptors (Lipinski definition) is 4. The Bertz CT molecular complexity index is 443. The van der Waals surface area contributed by atoms with Crippen LogP contribution in [0, 0.1) is 0 Å². The molecule has 4 nitrogen and oxygen atoms in total. The zero-order valence-electron chi connectivity index (χ0n) is 10.6. The molecular formula is C10H8F8O4. The Hall–Kier alpha value is -1.88. The molecule has 1 atom stereocenters. The lowest BCUT2D eigenvalue weighted by molar-refractivity contribution is -0.349. The Morgan fingerprint density at radius 1 is 1.00 bits per heavy atom. The monoisotopic (exact) mass is 344 g/mol. The second-order valence-electron chi connectivity index (χ2n) is 3.70. The lowest BCUT2D eigenvalue weighted by atomic mass is 10.1. The molecule has 0 rings (SSSR count). The highest BCUT2D eigenvalue weighted by molar-refractivity contribution is 5.91. The molecule has 12 heteroatoms.